The van der Waals surface area contributed by atoms with Gasteiger partial charge in [-0.15, -0.1) is 0 Å². The molecule has 1 aromatic carbocycles. The summed E-state index contributed by atoms with van der Waals surface area (Å²) >= 11 is 5.77. The molecule has 0 bridgehead atoms. The number of ether oxygens (including phenoxy) is 1. The van der Waals surface area contributed by atoms with E-state index in [1.54, 1.807) is 0 Å². The number of rotatable bonds is 5. The zero-order valence-corrected chi connectivity index (χ0v) is 13.0. The molecule has 1 heterocycles. The zero-order chi connectivity index (χ0) is 15.0. The summed E-state index contributed by atoms with van der Waals surface area (Å²) in [5.41, 5.74) is 0. The molecule has 112 valence electrons. The molecule has 0 radical (unpaired) electrons. The fourth-order valence-electron chi connectivity index (χ4n) is 1.76. The van der Waals surface area contributed by atoms with Crippen molar-refractivity contribution >= 4 is 31.3 Å². The molecule has 6 nitrogen and oxygen atoms in total. The van der Waals surface area contributed by atoms with Crippen molar-refractivity contribution in [3.8, 4) is 5.75 Å². The molecule has 0 aliphatic heterocycles. The van der Waals surface area contributed by atoms with E-state index in [9.17, 15) is 8.42 Å². The Morgan fingerprint density at radius 2 is 2.14 bits per heavy atom. The lowest BCUT2D eigenvalue weighted by Gasteiger charge is -2.08. The van der Waals surface area contributed by atoms with E-state index < -0.39 is 9.05 Å². The number of hydrogen-bond acceptors (Lipinski definition) is 6. The normalized spacial score (nSPS) is 15.1. The summed E-state index contributed by atoms with van der Waals surface area (Å²) in [7, 11) is 1.40. The highest BCUT2D eigenvalue weighted by molar-refractivity contribution is 8.13. The standard InChI is InChI=1S/C12H10Cl2N2O4S/c13-8-3-4-9(10(5-8)21(14,17)18)19-6-11-15-12(20-16-11)7-1-2-7/h3-5,7H,1-2,6H2. The van der Waals surface area contributed by atoms with Crippen molar-refractivity contribution in [1.29, 1.82) is 0 Å². The van der Waals surface area contributed by atoms with Gasteiger partial charge in [0.05, 0.1) is 0 Å². The van der Waals surface area contributed by atoms with Gasteiger partial charge in [-0.1, -0.05) is 16.8 Å². The molecule has 0 N–H and O–H groups in total. The molecular formula is C12H10Cl2N2O4S. The van der Waals surface area contributed by atoms with Gasteiger partial charge >= 0.3 is 0 Å². The highest BCUT2D eigenvalue weighted by Crippen LogP contribution is 2.39. The lowest BCUT2D eigenvalue weighted by molar-refractivity contribution is 0.278. The van der Waals surface area contributed by atoms with E-state index in [-0.39, 0.29) is 22.3 Å². The molecule has 0 spiro atoms. The Bertz CT molecular complexity index is 771. The second-order valence-electron chi connectivity index (χ2n) is 4.64. The van der Waals surface area contributed by atoms with Gasteiger partial charge in [-0.25, -0.2) is 8.42 Å². The second kappa shape index (κ2) is 5.47. The molecule has 0 atom stereocenters. The summed E-state index contributed by atoms with van der Waals surface area (Å²) in [4.78, 5) is 3.99. The quantitative estimate of drug-likeness (QED) is 0.772. The largest absolute Gasteiger partial charge is 0.484 e. The number of benzene rings is 1. The highest BCUT2D eigenvalue weighted by atomic mass is 35.7. The van der Waals surface area contributed by atoms with Crippen molar-refractivity contribution in [1.82, 2.24) is 10.1 Å². The van der Waals surface area contributed by atoms with Crippen LogP contribution >= 0.6 is 22.3 Å². The topological polar surface area (TPSA) is 82.3 Å². The molecular weight excluding hydrogens is 339 g/mol. The number of hydrogen-bond donors (Lipinski definition) is 0. The first kappa shape index (κ1) is 14.6. The molecule has 9 heteroatoms. The third-order valence-electron chi connectivity index (χ3n) is 2.94. The second-order valence-corrected chi connectivity index (χ2v) is 7.61. The Labute approximate surface area is 130 Å². The van der Waals surface area contributed by atoms with Crippen LogP contribution in [-0.2, 0) is 15.7 Å². The summed E-state index contributed by atoms with van der Waals surface area (Å²) in [6.45, 7) is -0.0166. The zero-order valence-electron chi connectivity index (χ0n) is 10.6. The summed E-state index contributed by atoms with van der Waals surface area (Å²) in [5, 5.41) is 4.03. The Hall–Kier alpha value is -1.31. The number of halogens is 2. The van der Waals surface area contributed by atoms with Crippen molar-refractivity contribution in [3.05, 3.63) is 34.9 Å². The predicted molar refractivity (Wildman–Crippen MR) is 75.1 cm³/mol. The van der Waals surface area contributed by atoms with E-state index in [2.05, 4.69) is 10.1 Å². The molecule has 0 amide bonds. The van der Waals surface area contributed by atoms with E-state index >= 15 is 0 Å². The van der Waals surface area contributed by atoms with Crippen molar-refractivity contribution in [2.24, 2.45) is 0 Å². The van der Waals surface area contributed by atoms with Gasteiger partial charge in [0.2, 0.25) is 11.7 Å². The van der Waals surface area contributed by atoms with Gasteiger partial charge in [-0.3, -0.25) is 0 Å². The first-order valence-corrected chi connectivity index (χ1v) is 8.82. The fraction of sp³-hybridized carbons (Fsp3) is 0.333. The molecule has 0 unspecified atom stereocenters. The maximum atomic E-state index is 11.5. The highest BCUT2D eigenvalue weighted by Gasteiger charge is 2.29. The van der Waals surface area contributed by atoms with Crippen molar-refractivity contribution in [3.63, 3.8) is 0 Å². The Balaban J connectivity index is 1.77. The van der Waals surface area contributed by atoms with Crippen LogP contribution in [0, 0.1) is 0 Å². The monoisotopic (exact) mass is 348 g/mol. The summed E-state index contributed by atoms with van der Waals surface area (Å²) < 4.78 is 33.5. The molecule has 1 aromatic heterocycles. The van der Waals surface area contributed by atoms with Gasteiger partial charge < -0.3 is 9.26 Å². The van der Waals surface area contributed by atoms with Crippen LogP contribution < -0.4 is 4.74 Å². The van der Waals surface area contributed by atoms with Crippen LogP contribution in [0.2, 0.25) is 5.02 Å². The van der Waals surface area contributed by atoms with Gasteiger partial charge in [-0.2, -0.15) is 4.98 Å². The van der Waals surface area contributed by atoms with Crippen LogP contribution in [0.5, 0.6) is 5.75 Å². The molecule has 1 aliphatic rings. The molecule has 1 aliphatic carbocycles. The summed E-state index contributed by atoms with van der Waals surface area (Å²) in [6, 6.07) is 4.17. The van der Waals surface area contributed by atoms with E-state index in [4.69, 9.17) is 31.5 Å². The van der Waals surface area contributed by atoms with Gasteiger partial charge in [0.25, 0.3) is 9.05 Å². The molecule has 1 saturated carbocycles. The van der Waals surface area contributed by atoms with Crippen LogP contribution in [0.1, 0.15) is 30.5 Å². The summed E-state index contributed by atoms with van der Waals surface area (Å²) in [6.07, 6.45) is 2.10. The average molecular weight is 349 g/mol. The van der Waals surface area contributed by atoms with Gasteiger partial charge in [0.15, 0.2) is 6.61 Å². The van der Waals surface area contributed by atoms with E-state index in [1.165, 1.54) is 18.2 Å². The third-order valence-corrected chi connectivity index (χ3v) is 4.51. The van der Waals surface area contributed by atoms with Crippen molar-refractivity contribution < 1.29 is 17.7 Å². The maximum Gasteiger partial charge on any atom is 0.265 e. The third kappa shape index (κ3) is 3.48. The Kier molecular flexibility index (Phi) is 3.81. The van der Waals surface area contributed by atoms with Gasteiger partial charge in [0.1, 0.15) is 10.6 Å². The fourth-order valence-corrected chi connectivity index (χ4v) is 2.99. The molecule has 3 rings (SSSR count). The lowest BCUT2D eigenvalue weighted by atomic mass is 10.3. The molecule has 21 heavy (non-hydrogen) atoms. The van der Waals surface area contributed by atoms with Crippen LogP contribution in [0.25, 0.3) is 0 Å². The van der Waals surface area contributed by atoms with E-state index in [0.29, 0.717) is 17.6 Å². The molecule has 2 aromatic rings. The van der Waals surface area contributed by atoms with Crippen molar-refractivity contribution in [2.45, 2.75) is 30.3 Å². The van der Waals surface area contributed by atoms with E-state index in [1.807, 2.05) is 0 Å². The van der Waals surface area contributed by atoms with Crippen LogP contribution in [0.4, 0.5) is 0 Å². The first-order chi connectivity index (χ1) is 9.93. The average Bonchev–Trinajstić information content (AvgIpc) is 3.16. The minimum absolute atomic E-state index is 0.0166. The van der Waals surface area contributed by atoms with Crippen LogP contribution in [0.3, 0.4) is 0 Å². The lowest BCUT2D eigenvalue weighted by Crippen LogP contribution is -2.02. The number of nitrogens with zero attached hydrogens (tertiary/aromatic N) is 2. The maximum absolute atomic E-state index is 11.5. The van der Waals surface area contributed by atoms with Crippen LogP contribution in [0.15, 0.2) is 27.6 Å². The minimum Gasteiger partial charge on any atom is -0.484 e. The smallest absolute Gasteiger partial charge is 0.265 e. The SMILES string of the molecule is O=S(=O)(Cl)c1cc(Cl)ccc1OCc1noc(C2CC2)n1. The predicted octanol–water partition coefficient (Wildman–Crippen LogP) is 3.11. The molecule has 0 saturated heterocycles. The number of aromatic nitrogens is 2. The van der Waals surface area contributed by atoms with Gasteiger partial charge in [0, 0.05) is 21.6 Å². The van der Waals surface area contributed by atoms with Crippen molar-refractivity contribution in [2.75, 3.05) is 0 Å². The Morgan fingerprint density at radius 1 is 1.38 bits per heavy atom. The Morgan fingerprint density at radius 3 is 2.81 bits per heavy atom. The van der Waals surface area contributed by atoms with Crippen LogP contribution in [-0.4, -0.2) is 18.6 Å². The van der Waals surface area contributed by atoms with Gasteiger partial charge in [-0.05, 0) is 31.0 Å². The summed E-state index contributed by atoms with van der Waals surface area (Å²) in [5.74, 6) is 1.38. The first-order valence-electron chi connectivity index (χ1n) is 6.13. The van der Waals surface area contributed by atoms with E-state index in [0.717, 1.165) is 12.8 Å². The minimum atomic E-state index is -3.96. The molecule has 1 fully saturated rings.